The zero-order chi connectivity index (χ0) is 17.9. The quantitative estimate of drug-likeness (QED) is 0.747. The van der Waals surface area contributed by atoms with Gasteiger partial charge in [0.15, 0.2) is 0 Å². The number of rotatable bonds is 3. The van der Waals surface area contributed by atoms with Crippen molar-refractivity contribution in [3.8, 4) is 0 Å². The maximum Gasteiger partial charge on any atom is 0.255 e. The normalized spacial score (nSPS) is 27.2. The molecule has 7 nitrogen and oxygen atoms in total. The molecule has 0 radical (unpaired) electrons. The summed E-state index contributed by atoms with van der Waals surface area (Å²) in [6, 6.07) is 5.45. The first-order chi connectivity index (χ1) is 12.6. The van der Waals surface area contributed by atoms with Crippen LogP contribution >= 0.6 is 0 Å². The van der Waals surface area contributed by atoms with Crippen molar-refractivity contribution in [2.75, 3.05) is 19.6 Å². The van der Waals surface area contributed by atoms with E-state index in [1.54, 1.807) is 4.90 Å². The molecule has 0 saturated carbocycles. The molecule has 4 aliphatic heterocycles. The fraction of sp³-hybridized carbons (Fsp3) is 0.526. The van der Waals surface area contributed by atoms with Gasteiger partial charge >= 0.3 is 0 Å². The first-order valence-electron chi connectivity index (χ1n) is 9.29. The maximum atomic E-state index is 13.1. The Labute approximate surface area is 151 Å². The summed E-state index contributed by atoms with van der Waals surface area (Å²) in [5.74, 6) is -0.689. The second-order valence-corrected chi connectivity index (χ2v) is 7.85. The van der Waals surface area contributed by atoms with E-state index in [2.05, 4.69) is 15.5 Å². The number of carbonyl (C=O) groups is 3. The molecule has 7 heteroatoms. The predicted molar refractivity (Wildman–Crippen MR) is 93.1 cm³/mol. The van der Waals surface area contributed by atoms with Gasteiger partial charge in [-0.1, -0.05) is 18.2 Å². The Morgan fingerprint density at radius 3 is 2.69 bits per heavy atom. The number of benzene rings is 1. The molecule has 136 valence electrons. The van der Waals surface area contributed by atoms with Crippen LogP contribution in [0.25, 0.3) is 0 Å². The summed E-state index contributed by atoms with van der Waals surface area (Å²) in [5.41, 5.74) is 3.08. The molecule has 4 aliphatic rings. The number of amides is 3. The van der Waals surface area contributed by atoms with E-state index in [9.17, 15) is 14.4 Å². The van der Waals surface area contributed by atoms with Crippen molar-refractivity contribution in [3.05, 3.63) is 34.9 Å². The molecule has 0 aromatic heterocycles. The van der Waals surface area contributed by atoms with Crippen LogP contribution in [-0.4, -0.2) is 58.7 Å². The smallest absolute Gasteiger partial charge is 0.255 e. The van der Waals surface area contributed by atoms with Crippen LogP contribution in [0.4, 0.5) is 0 Å². The van der Waals surface area contributed by atoms with E-state index in [4.69, 9.17) is 0 Å². The van der Waals surface area contributed by atoms with Crippen LogP contribution in [0.5, 0.6) is 0 Å². The number of hydrogen-bond donors (Lipinski definition) is 2. The standard InChI is InChI=1S/C19H22N4O3/c24-15-5-4-14(17(25)21-15)23-9-13-3-1-2-12(16(13)18(23)26)8-22-7-6-19(22)10-20-11-19/h1-3,14,20H,4-11H2,(H,21,24,25). The summed E-state index contributed by atoms with van der Waals surface area (Å²) < 4.78 is 0. The number of nitrogens with one attached hydrogen (secondary N) is 2. The van der Waals surface area contributed by atoms with Crippen molar-refractivity contribution in [2.24, 2.45) is 0 Å². The van der Waals surface area contributed by atoms with Crippen LogP contribution < -0.4 is 10.6 Å². The Balaban J connectivity index is 1.39. The van der Waals surface area contributed by atoms with Gasteiger partial charge in [-0.3, -0.25) is 24.6 Å². The summed E-state index contributed by atoms with van der Waals surface area (Å²) in [6.07, 6.45) is 1.90. The second-order valence-electron chi connectivity index (χ2n) is 7.85. The maximum absolute atomic E-state index is 13.1. The summed E-state index contributed by atoms with van der Waals surface area (Å²) in [7, 11) is 0. The molecule has 1 aromatic carbocycles. The molecule has 1 unspecified atom stereocenters. The van der Waals surface area contributed by atoms with E-state index in [0.29, 0.717) is 13.0 Å². The topological polar surface area (TPSA) is 81.8 Å². The van der Waals surface area contributed by atoms with E-state index in [1.165, 1.54) is 6.42 Å². The molecule has 1 atom stereocenters. The molecule has 1 aromatic rings. The van der Waals surface area contributed by atoms with Crippen molar-refractivity contribution in [2.45, 2.75) is 43.9 Å². The van der Waals surface area contributed by atoms with Gasteiger partial charge in [0, 0.05) is 50.2 Å². The molecule has 3 amide bonds. The monoisotopic (exact) mass is 354 g/mol. The molecule has 5 rings (SSSR count). The fourth-order valence-corrected chi connectivity index (χ4v) is 4.67. The lowest BCUT2D eigenvalue weighted by molar-refractivity contribution is -0.136. The molecule has 3 saturated heterocycles. The number of likely N-dealkylation sites (tertiary alicyclic amines) is 1. The third-order valence-electron chi connectivity index (χ3n) is 6.43. The predicted octanol–water partition coefficient (Wildman–Crippen LogP) is -0.00470. The summed E-state index contributed by atoms with van der Waals surface area (Å²) >= 11 is 0. The third kappa shape index (κ3) is 2.23. The van der Waals surface area contributed by atoms with E-state index in [1.807, 2.05) is 18.2 Å². The van der Waals surface area contributed by atoms with E-state index < -0.39 is 6.04 Å². The van der Waals surface area contributed by atoms with Gasteiger partial charge in [0.25, 0.3) is 5.91 Å². The first-order valence-corrected chi connectivity index (χ1v) is 9.29. The van der Waals surface area contributed by atoms with Crippen LogP contribution in [0.2, 0.25) is 0 Å². The summed E-state index contributed by atoms with van der Waals surface area (Å²) in [6.45, 7) is 4.34. The third-order valence-corrected chi connectivity index (χ3v) is 6.43. The molecule has 4 heterocycles. The summed E-state index contributed by atoms with van der Waals surface area (Å²) in [5, 5.41) is 5.71. The van der Waals surface area contributed by atoms with Crippen molar-refractivity contribution >= 4 is 17.7 Å². The summed E-state index contributed by atoms with van der Waals surface area (Å²) in [4.78, 5) is 40.8. The van der Waals surface area contributed by atoms with Gasteiger partial charge < -0.3 is 10.2 Å². The number of fused-ring (bicyclic) bond motifs is 1. The van der Waals surface area contributed by atoms with Gasteiger partial charge in [0.2, 0.25) is 11.8 Å². The molecule has 0 aliphatic carbocycles. The highest BCUT2D eigenvalue weighted by molar-refractivity contribution is 6.06. The van der Waals surface area contributed by atoms with Gasteiger partial charge in [-0.25, -0.2) is 0 Å². The average Bonchev–Trinajstić information content (AvgIpc) is 2.88. The minimum Gasteiger partial charge on any atom is -0.322 e. The number of hydrogen-bond acceptors (Lipinski definition) is 5. The number of nitrogens with zero attached hydrogens (tertiary/aromatic N) is 2. The number of imide groups is 1. The fourth-order valence-electron chi connectivity index (χ4n) is 4.67. The van der Waals surface area contributed by atoms with Gasteiger partial charge in [0.05, 0.1) is 0 Å². The van der Waals surface area contributed by atoms with Gasteiger partial charge in [-0.05, 0) is 24.0 Å². The van der Waals surface area contributed by atoms with Crippen molar-refractivity contribution in [3.63, 3.8) is 0 Å². The Morgan fingerprint density at radius 1 is 1.19 bits per heavy atom. The number of piperidine rings is 1. The highest BCUT2D eigenvalue weighted by Crippen LogP contribution is 2.37. The first kappa shape index (κ1) is 16.0. The van der Waals surface area contributed by atoms with E-state index >= 15 is 0 Å². The van der Waals surface area contributed by atoms with Gasteiger partial charge in [-0.2, -0.15) is 0 Å². The van der Waals surface area contributed by atoms with E-state index in [0.717, 1.165) is 42.9 Å². The Hall–Kier alpha value is -2.25. The molecule has 0 bridgehead atoms. The zero-order valence-corrected chi connectivity index (χ0v) is 14.6. The highest BCUT2D eigenvalue weighted by Gasteiger charge is 2.49. The Kier molecular flexibility index (Phi) is 3.45. The number of carbonyl (C=O) groups excluding carboxylic acids is 3. The highest BCUT2D eigenvalue weighted by atomic mass is 16.2. The van der Waals surface area contributed by atoms with Crippen LogP contribution in [0.1, 0.15) is 40.7 Å². The van der Waals surface area contributed by atoms with Crippen LogP contribution in [0.15, 0.2) is 18.2 Å². The van der Waals surface area contributed by atoms with Gasteiger partial charge in [-0.15, -0.1) is 0 Å². The van der Waals surface area contributed by atoms with Crippen LogP contribution in [0, 0.1) is 0 Å². The van der Waals surface area contributed by atoms with Crippen LogP contribution in [0.3, 0.4) is 0 Å². The lowest BCUT2D eigenvalue weighted by Gasteiger charge is -2.59. The van der Waals surface area contributed by atoms with Crippen molar-refractivity contribution in [1.82, 2.24) is 20.4 Å². The molecule has 26 heavy (non-hydrogen) atoms. The molecule has 1 spiro atoms. The molecular weight excluding hydrogens is 332 g/mol. The van der Waals surface area contributed by atoms with Crippen LogP contribution in [-0.2, 0) is 22.7 Å². The minimum absolute atomic E-state index is 0.0774. The second kappa shape index (κ2) is 5.62. The SMILES string of the molecule is O=C1CCC(N2Cc3cccc(CN4CCC45CNC5)c3C2=O)C(=O)N1. The van der Waals surface area contributed by atoms with E-state index in [-0.39, 0.29) is 29.7 Å². The zero-order valence-electron chi connectivity index (χ0n) is 14.6. The molecule has 3 fully saturated rings. The Morgan fingerprint density at radius 2 is 2.04 bits per heavy atom. The average molecular weight is 354 g/mol. The largest absolute Gasteiger partial charge is 0.322 e. The van der Waals surface area contributed by atoms with Gasteiger partial charge in [0.1, 0.15) is 6.04 Å². The van der Waals surface area contributed by atoms with Crippen molar-refractivity contribution < 1.29 is 14.4 Å². The lowest BCUT2D eigenvalue weighted by Crippen LogP contribution is -2.75. The van der Waals surface area contributed by atoms with Crippen molar-refractivity contribution in [1.29, 1.82) is 0 Å². The molecular formula is C19H22N4O3. The Bertz CT molecular complexity index is 811. The molecule has 2 N–H and O–H groups in total. The minimum atomic E-state index is -0.549. The lowest BCUT2D eigenvalue weighted by atomic mass is 9.78.